The van der Waals surface area contributed by atoms with Gasteiger partial charge < -0.3 is 5.11 Å². The molecule has 0 saturated carbocycles. The van der Waals surface area contributed by atoms with Crippen LogP contribution in [-0.4, -0.2) is 28.6 Å². The Morgan fingerprint density at radius 3 is 2.81 bits per heavy atom. The summed E-state index contributed by atoms with van der Waals surface area (Å²) >= 11 is 11.9. The Balaban J connectivity index is 2.10. The molecule has 1 atom stereocenters. The summed E-state index contributed by atoms with van der Waals surface area (Å²) in [5, 5.41) is 9.93. The van der Waals surface area contributed by atoms with Crippen LogP contribution < -0.4 is 0 Å². The lowest BCUT2D eigenvalue weighted by atomic mass is 10.0. The SMILES string of the molecule is O=C(O)C1CCN1Cc1cccc(Cl)c1Cl. The van der Waals surface area contributed by atoms with Gasteiger partial charge in [0, 0.05) is 13.1 Å². The predicted octanol–water partition coefficient (Wildman–Crippen LogP) is 2.65. The van der Waals surface area contributed by atoms with E-state index in [1.54, 1.807) is 6.07 Å². The van der Waals surface area contributed by atoms with Crippen molar-refractivity contribution in [2.45, 2.75) is 19.0 Å². The number of hydrogen-bond acceptors (Lipinski definition) is 2. The topological polar surface area (TPSA) is 40.5 Å². The molecule has 16 heavy (non-hydrogen) atoms. The lowest BCUT2D eigenvalue weighted by molar-refractivity contribution is -0.148. The van der Waals surface area contributed by atoms with Gasteiger partial charge in [-0.2, -0.15) is 0 Å². The van der Waals surface area contributed by atoms with Crippen LogP contribution >= 0.6 is 23.2 Å². The molecule has 1 aromatic carbocycles. The second kappa shape index (κ2) is 4.62. The van der Waals surface area contributed by atoms with Crippen LogP contribution in [0.1, 0.15) is 12.0 Å². The van der Waals surface area contributed by atoms with E-state index >= 15 is 0 Å². The maximum Gasteiger partial charge on any atom is 0.320 e. The zero-order valence-electron chi connectivity index (χ0n) is 8.49. The molecule has 3 nitrogen and oxygen atoms in total. The van der Waals surface area contributed by atoms with Crippen molar-refractivity contribution >= 4 is 29.2 Å². The number of carboxylic acids is 1. The van der Waals surface area contributed by atoms with E-state index < -0.39 is 5.97 Å². The number of nitrogens with zero attached hydrogens (tertiary/aromatic N) is 1. The Bertz CT molecular complexity index is 422. The molecule has 1 saturated heterocycles. The largest absolute Gasteiger partial charge is 0.480 e. The minimum Gasteiger partial charge on any atom is -0.480 e. The van der Waals surface area contributed by atoms with Gasteiger partial charge in [-0.1, -0.05) is 35.3 Å². The monoisotopic (exact) mass is 259 g/mol. The van der Waals surface area contributed by atoms with Crippen molar-refractivity contribution < 1.29 is 9.90 Å². The molecule has 1 unspecified atom stereocenters. The molecular weight excluding hydrogens is 249 g/mol. The van der Waals surface area contributed by atoms with E-state index in [2.05, 4.69) is 0 Å². The Hall–Kier alpha value is -0.770. The first kappa shape index (κ1) is 11.7. The van der Waals surface area contributed by atoms with E-state index in [1.165, 1.54) is 0 Å². The lowest BCUT2D eigenvalue weighted by Crippen LogP contribution is -2.51. The van der Waals surface area contributed by atoms with Gasteiger partial charge >= 0.3 is 5.97 Å². The summed E-state index contributed by atoms with van der Waals surface area (Å²) in [7, 11) is 0. The number of rotatable bonds is 3. The first-order valence-electron chi connectivity index (χ1n) is 4.99. The molecule has 1 fully saturated rings. The van der Waals surface area contributed by atoms with Crippen LogP contribution in [0.2, 0.25) is 10.0 Å². The van der Waals surface area contributed by atoms with Gasteiger partial charge in [-0.3, -0.25) is 9.69 Å². The summed E-state index contributed by atoms with van der Waals surface area (Å²) in [6, 6.07) is 5.03. The molecule has 0 amide bonds. The van der Waals surface area contributed by atoms with E-state index in [-0.39, 0.29) is 6.04 Å². The molecule has 0 aromatic heterocycles. The first-order chi connectivity index (χ1) is 7.59. The van der Waals surface area contributed by atoms with Crippen LogP contribution in [0, 0.1) is 0 Å². The molecule has 1 aliphatic rings. The highest BCUT2D eigenvalue weighted by molar-refractivity contribution is 6.42. The second-order valence-corrected chi connectivity index (χ2v) is 4.61. The molecule has 1 N–H and O–H groups in total. The molecule has 0 spiro atoms. The fourth-order valence-corrected chi connectivity index (χ4v) is 2.18. The first-order valence-corrected chi connectivity index (χ1v) is 5.75. The normalized spacial score (nSPS) is 20.5. The molecule has 86 valence electrons. The van der Waals surface area contributed by atoms with Gasteiger partial charge in [0.2, 0.25) is 0 Å². The number of likely N-dealkylation sites (tertiary alicyclic amines) is 1. The van der Waals surface area contributed by atoms with Gasteiger partial charge in [-0.15, -0.1) is 0 Å². The van der Waals surface area contributed by atoms with Gasteiger partial charge in [0.1, 0.15) is 6.04 Å². The van der Waals surface area contributed by atoms with Gasteiger partial charge in [-0.25, -0.2) is 0 Å². The Labute approximate surface area is 104 Å². The van der Waals surface area contributed by atoms with Crippen molar-refractivity contribution in [2.24, 2.45) is 0 Å². The summed E-state index contributed by atoms with van der Waals surface area (Å²) in [6.45, 7) is 1.33. The fraction of sp³-hybridized carbons (Fsp3) is 0.364. The zero-order valence-corrected chi connectivity index (χ0v) is 10.0. The summed E-state index contributed by atoms with van der Waals surface area (Å²) in [4.78, 5) is 12.7. The number of benzene rings is 1. The maximum atomic E-state index is 10.8. The number of hydrogen-bond donors (Lipinski definition) is 1. The van der Waals surface area contributed by atoms with Crippen LogP contribution in [0.3, 0.4) is 0 Å². The highest BCUT2D eigenvalue weighted by atomic mass is 35.5. The molecule has 1 aromatic rings. The summed E-state index contributed by atoms with van der Waals surface area (Å²) in [5.41, 5.74) is 0.875. The maximum absolute atomic E-state index is 10.8. The molecule has 1 aliphatic heterocycles. The minimum atomic E-state index is -0.774. The van der Waals surface area contributed by atoms with Gasteiger partial charge in [-0.05, 0) is 18.1 Å². The molecule has 2 rings (SSSR count). The molecule has 0 bridgehead atoms. The van der Waals surface area contributed by atoms with Crippen molar-refractivity contribution in [3.63, 3.8) is 0 Å². The second-order valence-electron chi connectivity index (χ2n) is 3.83. The van der Waals surface area contributed by atoms with Crippen molar-refractivity contribution in [3.8, 4) is 0 Å². The highest BCUT2D eigenvalue weighted by Crippen LogP contribution is 2.29. The number of carboxylic acid groups (broad SMARTS) is 1. The molecule has 5 heteroatoms. The third-order valence-corrected chi connectivity index (χ3v) is 3.68. The Morgan fingerprint density at radius 1 is 1.50 bits per heavy atom. The van der Waals surface area contributed by atoms with Gasteiger partial charge in [0.15, 0.2) is 0 Å². The van der Waals surface area contributed by atoms with Crippen molar-refractivity contribution in [3.05, 3.63) is 33.8 Å². The quantitative estimate of drug-likeness (QED) is 0.908. The van der Waals surface area contributed by atoms with Crippen molar-refractivity contribution in [1.29, 1.82) is 0 Å². The van der Waals surface area contributed by atoms with Crippen molar-refractivity contribution in [2.75, 3.05) is 6.54 Å². The van der Waals surface area contributed by atoms with Gasteiger partial charge in [0.25, 0.3) is 0 Å². The molecule has 0 aliphatic carbocycles. The van der Waals surface area contributed by atoms with Crippen LogP contribution in [0.25, 0.3) is 0 Å². The number of halogens is 2. The highest BCUT2D eigenvalue weighted by Gasteiger charge is 2.34. The van der Waals surface area contributed by atoms with Gasteiger partial charge in [0.05, 0.1) is 10.0 Å². The Morgan fingerprint density at radius 2 is 2.25 bits per heavy atom. The standard InChI is InChI=1S/C11H11Cl2NO2/c12-8-3-1-2-7(10(8)13)6-14-5-4-9(14)11(15)16/h1-3,9H,4-6H2,(H,15,16). The number of carbonyl (C=O) groups is 1. The lowest BCUT2D eigenvalue weighted by Gasteiger charge is -2.38. The summed E-state index contributed by atoms with van der Waals surface area (Å²) < 4.78 is 0. The average Bonchev–Trinajstić information content (AvgIpc) is 2.17. The van der Waals surface area contributed by atoms with E-state index in [0.29, 0.717) is 23.0 Å². The molecule has 1 heterocycles. The van der Waals surface area contributed by atoms with Crippen LogP contribution in [-0.2, 0) is 11.3 Å². The molecular formula is C11H11Cl2NO2. The number of aliphatic carboxylic acids is 1. The Kier molecular flexibility index (Phi) is 3.38. The fourth-order valence-electron chi connectivity index (χ4n) is 1.80. The van der Waals surface area contributed by atoms with Crippen LogP contribution in [0.15, 0.2) is 18.2 Å². The average molecular weight is 260 g/mol. The predicted molar refractivity (Wildman–Crippen MR) is 62.9 cm³/mol. The van der Waals surface area contributed by atoms with E-state index in [0.717, 1.165) is 12.1 Å². The van der Waals surface area contributed by atoms with Crippen molar-refractivity contribution in [1.82, 2.24) is 4.90 Å². The smallest absolute Gasteiger partial charge is 0.320 e. The zero-order chi connectivity index (χ0) is 11.7. The minimum absolute atomic E-state index is 0.380. The van der Waals surface area contributed by atoms with E-state index in [9.17, 15) is 4.79 Å². The van der Waals surface area contributed by atoms with Crippen LogP contribution in [0.5, 0.6) is 0 Å². The van der Waals surface area contributed by atoms with E-state index in [1.807, 2.05) is 17.0 Å². The van der Waals surface area contributed by atoms with Crippen LogP contribution in [0.4, 0.5) is 0 Å². The summed E-state index contributed by atoms with van der Waals surface area (Å²) in [5.74, 6) is -0.774. The molecule has 0 radical (unpaired) electrons. The summed E-state index contributed by atoms with van der Waals surface area (Å²) in [6.07, 6.45) is 0.702. The van der Waals surface area contributed by atoms with E-state index in [4.69, 9.17) is 28.3 Å². The third kappa shape index (κ3) is 2.17. The third-order valence-electron chi connectivity index (χ3n) is 2.82.